The highest BCUT2D eigenvalue weighted by molar-refractivity contribution is 6.00. The molecule has 0 atom stereocenters. The fourth-order valence-corrected chi connectivity index (χ4v) is 0.927. The van der Waals surface area contributed by atoms with Gasteiger partial charge in [0.1, 0.15) is 0 Å². The van der Waals surface area contributed by atoms with Crippen LogP contribution in [0.2, 0.25) is 0 Å². The number of allylic oxidation sites excluding steroid dienone is 1. The van der Waals surface area contributed by atoms with E-state index in [1.165, 1.54) is 6.21 Å². The number of aromatic nitrogens is 2. The summed E-state index contributed by atoms with van der Waals surface area (Å²) >= 11 is 0. The summed E-state index contributed by atoms with van der Waals surface area (Å²) in [5.74, 6) is 0. The van der Waals surface area contributed by atoms with Crippen LogP contribution in [-0.4, -0.2) is 23.0 Å². The third kappa shape index (κ3) is 1.87. The van der Waals surface area contributed by atoms with Crippen LogP contribution in [0.4, 0.5) is 5.69 Å². The summed E-state index contributed by atoms with van der Waals surface area (Å²) in [6.07, 6.45) is 4.57. The van der Waals surface area contributed by atoms with Gasteiger partial charge in [-0.25, -0.2) is 4.68 Å². The summed E-state index contributed by atoms with van der Waals surface area (Å²) in [4.78, 5) is 0. The summed E-state index contributed by atoms with van der Waals surface area (Å²) in [5, 5.41) is 14.1. The number of nitrogens with one attached hydrogen (secondary N) is 2. The molecule has 0 unspecified atom stereocenters. The maximum Gasteiger partial charge on any atom is 0.0978 e. The van der Waals surface area contributed by atoms with Gasteiger partial charge in [-0.15, -0.1) is 0 Å². The largest absolute Gasteiger partial charge is 0.396 e. The first-order valence-corrected chi connectivity index (χ1v) is 3.89. The van der Waals surface area contributed by atoms with Crippen molar-refractivity contribution in [3.05, 3.63) is 18.1 Å². The van der Waals surface area contributed by atoms with E-state index in [0.717, 1.165) is 5.69 Å². The highest BCUT2D eigenvalue weighted by Gasteiger charge is 2.02. The van der Waals surface area contributed by atoms with E-state index in [2.05, 4.69) is 10.4 Å². The van der Waals surface area contributed by atoms with Gasteiger partial charge < -0.3 is 16.5 Å². The second-order valence-electron chi connectivity index (χ2n) is 2.62. The number of nitrogens with two attached hydrogens (primary N) is 1. The molecule has 1 rings (SSSR count). The van der Waals surface area contributed by atoms with Gasteiger partial charge in [-0.3, -0.25) is 0 Å². The van der Waals surface area contributed by atoms with Crippen LogP contribution >= 0.6 is 0 Å². The van der Waals surface area contributed by atoms with Crippen molar-refractivity contribution in [2.75, 3.05) is 12.8 Å². The number of anilines is 1. The molecule has 1 aromatic heterocycles. The van der Waals surface area contributed by atoms with Gasteiger partial charge in [0, 0.05) is 19.5 Å². The van der Waals surface area contributed by atoms with E-state index < -0.39 is 0 Å². The molecule has 0 saturated heterocycles. The quantitative estimate of drug-likeness (QED) is 0.589. The van der Waals surface area contributed by atoms with Crippen molar-refractivity contribution in [3.63, 3.8) is 0 Å². The van der Waals surface area contributed by atoms with Crippen LogP contribution in [-0.2, 0) is 0 Å². The third-order valence-electron chi connectivity index (χ3n) is 1.64. The molecule has 4 N–H and O–H groups in total. The molecule has 1 aromatic rings. The van der Waals surface area contributed by atoms with E-state index in [1.807, 2.05) is 6.92 Å². The Morgan fingerprint density at radius 1 is 1.77 bits per heavy atom. The zero-order chi connectivity index (χ0) is 9.84. The molecule has 0 fully saturated rings. The molecule has 5 nitrogen and oxygen atoms in total. The van der Waals surface area contributed by atoms with Crippen LogP contribution < -0.4 is 11.1 Å². The van der Waals surface area contributed by atoms with Crippen LogP contribution in [0, 0.1) is 12.3 Å². The lowest BCUT2D eigenvalue weighted by atomic mass is 10.4. The lowest BCUT2D eigenvalue weighted by Gasteiger charge is -1.99. The van der Waals surface area contributed by atoms with Crippen molar-refractivity contribution in [3.8, 4) is 0 Å². The van der Waals surface area contributed by atoms with Gasteiger partial charge in [0.25, 0.3) is 0 Å². The van der Waals surface area contributed by atoms with E-state index in [4.69, 9.17) is 11.1 Å². The molecule has 0 spiro atoms. The van der Waals surface area contributed by atoms with E-state index in [9.17, 15) is 0 Å². The van der Waals surface area contributed by atoms with Gasteiger partial charge in [0.05, 0.1) is 23.3 Å². The molecule has 0 amide bonds. The van der Waals surface area contributed by atoms with Crippen molar-refractivity contribution in [2.45, 2.75) is 6.92 Å². The number of rotatable bonds is 3. The Morgan fingerprint density at radius 3 is 2.85 bits per heavy atom. The van der Waals surface area contributed by atoms with Gasteiger partial charge in [-0.05, 0) is 6.92 Å². The molecule has 0 aliphatic rings. The molecular weight excluding hydrogens is 166 g/mol. The standard InChI is InChI=1S/C8H13N5/c1-6-8(10)5-13(12-6)7(3-9)4-11-2/h3-5,9,11H,10H2,1-2H3/b7-4+,9-3?. The fraction of sp³-hybridized carbons (Fsp3) is 0.250. The number of hydrogen-bond acceptors (Lipinski definition) is 4. The van der Waals surface area contributed by atoms with Gasteiger partial charge >= 0.3 is 0 Å². The van der Waals surface area contributed by atoms with Gasteiger partial charge in [-0.1, -0.05) is 0 Å². The molecule has 70 valence electrons. The van der Waals surface area contributed by atoms with Crippen LogP contribution in [0.25, 0.3) is 5.70 Å². The minimum Gasteiger partial charge on any atom is -0.396 e. The first kappa shape index (κ1) is 9.31. The lowest BCUT2D eigenvalue weighted by Crippen LogP contribution is -2.04. The number of nitrogen functional groups attached to an aromatic ring is 1. The second-order valence-corrected chi connectivity index (χ2v) is 2.62. The van der Waals surface area contributed by atoms with Crippen molar-refractivity contribution in [2.24, 2.45) is 0 Å². The van der Waals surface area contributed by atoms with Crippen LogP contribution in [0.15, 0.2) is 12.4 Å². The van der Waals surface area contributed by atoms with Gasteiger partial charge in [0.15, 0.2) is 0 Å². The van der Waals surface area contributed by atoms with Crippen LogP contribution in [0.1, 0.15) is 5.69 Å². The zero-order valence-electron chi connectivity index (χ0n) is 7.70. The van der Waals surface area contributed by atoms with Crippen molar-refractivity contribution in [1.29, 1.82) is 5.41 Å². The monoisotopic (exact) mass is 179 g/mol. The Kier molecular flexibility index (Phi) is 2.69. The Balaban J connectivity index is 3.05. The minimum absolute atomic E-state index is 0.629. The van der Waals surface area contributed by atoms with Crippen molar-refractivity contribution < 1.29 is 0 Å². The lowest BCUT2D eigenvalue weighted by molar-refractivity contribution is 0.888. The molecule has 0 aliphatic carbocycles. The summed E-state index contributed by atoms with van der Waals surface area (Å²) < 4.78 is 1.56. The summed E-state index contributed by atoms with van der Waals surface area (Å²) in [6, 6.07) is 0. The van der Waals surface area contributed by atoms with E-state index in [0.29, 0.717) is 11.4 Å². The maximum absolute atomic E-state index is 7.15. The Hall–Kier alpha value is -1.78. The number of nitrogens with zero attached hydrogens (tertiary/aromatic N) is 2. The topological polar surface area (TPSA) is 79.7 Å². The normalized spacial score (nSPS) is 11.4. The smallest absolute Gasteiger partial charge is 0.0978 e. The molecule has 0 bridgehead atoms. The van der Waals surface area contributed by atoms with E-state index >= 15 is 0 Å². The maximum atomic E-state index is 7.15. The molecule has 13 heavy (non-hydrogen) atoms. The Morgan fingerprint density at radius 2 is 2.46 bits per heavy atom. The fourth-order valence-electron chi connectivity index (χ4n) is 0.927. The van der Waals surface area contributed by atoms with Crippen LogP contribution in [0.3, 0.4) is 0 Å². The van der Waals surface area contributed by atoms with Gasteiger partial charge in [0.2, 0.25) is 0 Å². The average Bonchev–Trinajstić information content (AvgIpc) is 2.43. The third-order valence-corrected chi connectivity index (χ3v) is 1.64. The van der Waals surface area contributed by atoms with Gasteiger partial charge in [-0.2, -0.15) is 5.10 Å². The molecule has 0 aromatic carbocycles. The van der Waals surface area contributed by atoms with E-state index in [1.54, 1.807) is 24.1 Å². The van der Waals surface area contributed by atoms with E-state index in [-0.39, 0.29) is 0 Å². The minimum atomic E-state index is 0.629. The SMILES string of the molecule is CN/C=C(\C=N)n1cc(N)c(C)n1. The predicted octanol–water partition coefficient (Wildman–Crippen LogP) is 0.441. The number of hydrogen-bond donors (Lipinski definition) is 3. The first-order chi connectivity index (χ1) is 6.19. The summed E-state index contributed by atoms with van der Waals surface area (Å²) in [6.45, 7) is 1.83. The molecule has 5 heteroatoms. The highest BCUT2D eigenvalue weighted by Crippen LogP contribution is 2.09. The number of aryl methyl sites for hydroxylation is 1. The second kappa shape index (κ2) is 3.75. The average molecular weight is 179 g/mol. The Bertz CT molecular complexity index is 317. The first-order valence-electron chi connectivity index (χ1n) is 3.89. The summed E-state index contributed by atoms with van der Waals surface area (Å²) in [5.41, 5.74) is 7.66. The molecular formula is C8H13N5. The molecule has 0 radical (unpaired) electrons. The van der Waals surface area contributed by atoms with Crippen molar-refractivity contribution >= 4 is 17.6 Å². The summed E-state index contributed by atoms with van der Waals surface area (Å²) in [7, 11) is 1.77. The molecule has 1 heterocycles. The molecule has 0 saturated carbocycles. The predicted molar refractivity (Wildman–Crippen MR) is 53.5 cm³/mol. The zero-order valence-corrected chi connectivity index (χ0v) is 7.70. The highest BCUT2D eigenvalue weighted by atomic mass is 15.3. The van der Waals surface area contributed by atoms with Crippen molar-refractivity contribution in [1.82, 2.24) is 15.1 Å². The Labute approximate surface area is 76.7 Å². The molecule has 0 aliphatic heterocycles. The van der Waals surface area contributed by atoms with Crippen LogP contribution in [0.5, 0.6) is 0 Å².